The van der Waals surface area contributed by atoms with Crippen LogP contribution in [0.5, 0.6) is 0 Å². The van der Waals surface area contributed by atoms with Gasteiger partial charge in [0.25, 0.3) is 0 Å². The standard InChI is InChI=1S/C12H11F3N2S/c13-12(14,15)10-7-18-11(17-10)9(6-16)8-4-2-1-3-5-8/h7H,1-5H2. The molecule has 96 valence electrons. The van der Waals surface area contributed by atoms with Gasteiger partial charge in [0.15, 0.2) is 5.69 Å². The maximum atomic E-state index is 12.5. The molecule has 1 aliphatic rings. The average Bonchev–Trinajstić information content (AvgIpc) is 2.81. The van der Waals surface area contributed by atoms with E-state index in [1.807, 2.05) is 6.07 Å². The lowest BCUT2D eigenvalue weighted by Gasteiger charge is -2.14. The van der Waals surface area contributed by atoms with E-state index in [1.54, 1.807) is 0 Å². The number of aromatic nitrogens is 1. The van der Waals surface area contributed by atoms with Crippen LogP contribution in [0.1, 0.15) is 42.8 Å². The first-order valence-corrected chi connectivity index (χ1v) is 6.55. The molecule has 2 nitrogen and oxygen atoms in total. The van der Waals surface area contributed by atoms with Crippen LogP contribution in [0.15, 0.2) is 11.0 Å². The molecule has 1 fully saturated rings. The summed E-state index contributed by atoms with van der Waals surface area (Å²) < 4.78 is 37.4. The van der Waals surface area contributed by atoms with E-state index >= 15 is 0 Å². The highest BCUT2D eigenvalue weighted by atomic mass is 32.1. The lowest BCUT2D eigenvalue weighted by Crippen LogP contribution is -2.05. The SMILES string of the molecule is N#CC(=C1CCCCC1)c1nc(C(F)(F)F)cs1. The van der Waals surface area contributed by atoms with Crippen molar-refractivity contribution in [2.75, 3.05) is 0 Å². The highest BCUT2D eigenvalue weighted by Crippen LogP contribution is 2.35. The van der Waals surface area contributed by atoms with Crippen molar-refractivity contribution < 1.29 is 13.2 Å². The number of nitrogens with zero attached hydrogens (tertiary/aromatic N) is 2. The summed E-state index contributed by atoms with van der Waals surface area (Å²) in [6.45, 7) is 0. The van der Waals surface area contributed by atoms with Gasteiger partial charge in [-0.15, -0.1) is 11.3 Å². The van der Waals surface area contributed by atoms with Gasteiger partial charge in [-0.1, -0.05) is 6.42 Å². The Hall–Kier alpha value is -1.35. The van der Waals surface area contributed by atoms with Crippen molar-refractivity contribution in [2.24, 2.45) is 0 Å². The molecule has 0 radical (unpaired) electrons. The number of rotatable bonds is 1. The zero-order chi connectivity index (χ0) is 13.2. The van der Waals surface area contributed by atoms with Crippen molar-refractivity contribution >= 4 is 16.9 Å². The topological polar surface area (TPSA) is 36.7 Å². The molecule has 0 atom stereocenters. The molecule has 6 heteroatoms. The first-order valence-electron chi connectivity index (χ1n) is 5.67. The van der Waals surface area contributed by atoms with E-state index in [2.05, 4.69) is 4.98 Å². The smallest absolute Gasteiger partial charge is 0.231 e. The molecular formula is C12H11F3N2S. The Kier molecular flexibility index (Phi) is 3.71. The number of halogens is 3. The van der Waals surface area contributed by atoms with E-state index in [1.165, 1.54) is 0 Å². The molecule has 1 heterocycles. The largest absolute Gasteiger partial charge is 0.434 e. The summed E-state index contributed by atoms with van der Waals surface area (Å²) in [5.74, 6) is 0. The van der Waals surface area contributed by atoms with Gasteiger partial charge in [-0.2, -0.15) is 18.4 Å². The summed E-state index contributed by atoms with van der Waals surface area (Å²) >= 11 is 0.891. The minimum atomic E-state index is -4.44. The molecule has 1 saturated carbocycles. The Morgan fingerprint density at radius 2 is 1.94 bits per heavy atom. The third-order valence-electron chi connectivity index (χ3n) is 2.93. The van der Waals surface area contributed by atoms with Gasteiger partial charge in [-0.05, 0) is 31.3 Å². The van der Waals surface area contributed by atoms with E-state index < -0.39 is 11.9 Å². The Morgan fingerprint density at radius 1 is 1.28 bits per heavy atom. The molecule has 0 amide bonds. The van der Waals surface area contributed by atoms with Gasteiger partial charge in [0.1, 0.15) is 11.1 Å². The Bertz CT molecular complexity index is 500. The molecule has 0 bridgehead atoms. The number of thiazole rings is 1. The number of alkyl halides is 3. The zero-order valence-electron chi connectivity index (χ0n) is 9.55. The maximum Gasteiger partial charge on any atom is 0.434 e. The van der Waals surface area contributed by atoms with Crippen LogP contribution in [-0.4, -0.2) is 4.98 Å². The van der Waals surface area contributed by atoms with Crippen LogP contribution in [0.3, 0.4) is 0 Å². The van der Waals surface area contributed by atoms with Crippen LogP contribution in [0, 0.1) is 11.3 Å². The summed E-state index contributed by atoms with van der Waals surface area (Å²) in [5.41, 5.74) is 0.383. The van der Waals surface area contributed by atoms with Crippen molar-refractivity contribution in [1.82, 2.24) is 4.98 Å². The second-order valence-corrected chi connectivity index (χ2v) is 5.04. The fourth-order valence-electron chi connectivity index (χ4n) is 2.03. The Morgan fingerprint density at radius 3 is 2.44 bits per heavy atom. The third-order valence-corrected chi connectivity index (χ3v) is 3.79. The minimum absolute atomic E-state index is 0.196. The van der Waals surface area contributed by atoms with Gasteiger partial charge in [0, 0.05) is 5.38 Å². The van der Waals surface area contributed by atoms with Crippen molar-refractivity contribution in [3.05, 3.63) is 21.7 Å². The number of hydrogen-bond acceptors (Lipinski definition) is 3. The summed E-state index contributed by atoms with van der Waals surface area (Å²) in [4.78, 5) is 3.54. The molecule has 0 aliphatic heterocycles. The lowest BCUT2D eigenvalue weighted by atomic mass is 9.91. The molecular weight excluding hydrogens is 261 g/mol. The van der Waals surface area contributed by atoms with Gasteiger partial charge in [0.2, 0.25) is 0 Å². The van der Waals surface area contributed by atoms with Gasteiger partial charge in [0.05, 0.1) is 5.57 Å². The Balaban J connectivity index is 2.34. The minimum Gasteiger partial charge on any atom is -0.231 e. The fraction of sp³-hybridized carbons (Fsp3) is 0.500. The van der Waals surface area contributed by atoms with Crippen LogP contribution in [-0.2, 0) is 6.18 Å². The van der Waals surface area contributed by atoms with Crippen LogP contribution >= 0.6 is 11.3 Å². The predicted octanol–water partition coefficient (Wildman–Crippen LogP) is 4.40. The molecule has 18 heavy (non-hydrogen) atoms. The predicted molar refractivity (Wildman–Crippen MR) is 62.7 cm³/mol. The van der Waals surface area contributed by atoms with E-state index in [4.69, 9.17) is 5.26 Å². The van der Waals surface area contributed by atoms with E-state index in [9.17, 15) is 13.2 Å². The molecule has 1 aliphatic carbocycles. The van der Waals surface area contributed by atoms with Crippen LogP contribution in [0.4, 0.5) is 13.2 Å². The molecule has 2 rings (SSSR count). The average molecular weight is 272 g/mol. The molecule has 0 aromatic carbocycles. The highest BCUT2D eigenvalue weighted by molar-refractivity contribution is 7.10. The van der Waals surface area contributed by atoms with Crippen molar-refractivity contribution in [3.63, 3.8) is 0 Å². The second-order valence-electron chi connectivity index (χ2n) is 4.19. The molecule has 0 unspecified atom stereocenters. The molecule has 1 aromatic heterocycles. The Labute approximate surface area is 107 Å². The van der Waals surface area contributed by atoms with Gasteiger partial charge >= 0.3 is 6.18 Å². The monoisotopic (exact) mass is 272 g/mol. The van der Waals surface area contributed by atoms with Crippen LogP contribution < -0.4 is 0 Å². The summed E-state index contributed by atoms with van der Waals surface area (Å²) in [5, 5.41) is 10.3. The van der Waals surface area contributed by atoms with Crippen LogP contribution in [0.2, 0.25) is 0 Å². The van der Waals surface area contributed by atoms with Crippen molar-refractivity contribution in [3.8, 4) is 6.07 Å². The zero-order valence-corrected chi connectivity index (χ0v) is 10.4. The second kappa shape index (κ2) is 5.11. The number of nitriles is 1. The highest BCUT2D eigenvalue weighted by Gasteiger charge is 2.34. The number of hydrogen-bond donors (Lipinski definition) is 0. The maximum absolute atomic E-state index is 12.5. The quantitative estimate of drug-likeness (QED) is 0.710. The van der Waals surface area contributed by atoms with Gasteiger partial charge < -0.3 is 0 Å². The summed E-state index contributed by atoms with van der Waals surface area (Å²) in [6.07, 6.45) is 0.268. The van der Waals surface area contributed by atoms with E-state index in [0.717, 1.165) is 54.4 Å². The first-order chi connectivity index (χ1) is 8.52. The van der Waals surface area contributed by atoms with Crippen molar-refractivity contribution in [2.45, 2.75) is 38.3 Å². The first kappa shape index (κ1) is 13.1. The summed E-state index contributed by atoms with van der Waals surface area (Å²) in [6, 6.07) is 2.01. The molecule has 0 spiro atoms. The summed E-state index contributed by atoms with van der Waals surface area (Å²) in [7, 11) is 0. The van der Waals surface area contributed by atoms with Gasteiger partial charge in [-0.25, -0.2) is 4.98 Å². The van der Waals surface area contributed by atoms with E-state index in [0.29, 0.717) is 5.57 Å². The van der Waals surface area contributed by atoms with Crippen molar-refractivity contribution in [1.29, 1.82) is 5.26 Å². The fourth-order valence-corrected chi connectivity index (χ4v) is 2.89. The van der Waals surface area contributed by atoms with E-state index in [-0.39, 0.29) is 5.01 Å². The lowest BCUT2D eigenvalue weighted by molar-refractivity contribution is -0.140. The molecule has 1 aromatic rings. The van der Waals surface area contributed by atoms with Gasteiger partial charge in [-0.3, -0.25) is 0 Å². The third kappa shape index (κ3) is 2.72. The van der Waals surface area contributed by atoms with Crippen LogP contribution in [0.25, 0.3) is 5.57 Å². The normalized spacial score (nSPS) is 16.4. The molecule has 0 saturated heterocycles. The molecule has 0 N–H and O–H groups in total. The number of allylic oxidation sites excluding steroid dienone is 2.